The lowest BCUT2D eigenvalue weighted by atomic mass is 9.92. The molecule has 0 spiro atoms. The van der Waals surface area contributed by atoms with E-state index in [2.05, 4.69) is 21.0 Å². The van der Waals surface area contributed by atoms with Gasteiger partial charge in [-0.3, -0.25) is 14.2 Å². The summed E-state index contributed by atoms with van der Waals surface area (Å²) in [6.07, 6.45) is 3.22. The second kappa shape index (κ2) is 12.7. The van der Waals surface area contributed by atoms with Crippen molar-refractivity contribution in [3.8, 4) is 27.9 Å². The molecule has 10 heteroatoms. The number of morpholine rings is 1. The summed E-state index contributed by atoms with van der Waals surface area (Å²) in [5.41, 5.74) is 14.4. The Morgan fingerprint density at radius 2 is 1.57 bits per heavy atom. The van der Waals surface area contributed by atoms with Crippen LogP contribution in [-0.4, -0.2) is 69.4 Å². The van der Waals surface area contributed by atoms with E-state index in [4.69, 9.17) is 10.5 Å². The van der Waals surface area contributed by atoms with Crippen molar-refractivity contribution in [2.45, 2.75) is 39.5 Å². The Hall–Kier alpha value is -4.96. The fourth-order valence-electron chi connectivity index (χ4n) is 7.10. The molecule has 2 N–H and O–H groups in total. The number of hydrogen-bond donors (Lipinski definition) is 1. The fourth-order valence-corrected chi connectivity index (χ4v) is 7.10. The number of aromatic nitrogens is 4. The van der Waals surface area contributed by atoms with Crippen LogP contribution in [-0.2, 0) is 9.53 Å². The van der Waals surface area contributed by atoms with Gasteiger partial charge in [0.2, 0.25) is 5.91 Å². The summed E-state index contributed by atoms with van der Waals surface area (Å²) in [5.74, 6) is 0.854. The number of nitrogens with two attached hydrogens (primary N) is 1. The van der Waals surface area contributed by atoms with Crippen LogP contribution in [0, 0.1) is 12.8 Å². The molecule has 0 radical (unpaired) electrons. The Morgan fingerprint density at radius 1 is 0.915 bits per heavy atom. The largest absolute Gasteiger partial charge is 0.382 e. The van der Waals surface area contributed by atoms with E-state index in [1.807, 2.05) is 95.4 Å². The number of amides is 1. The molecule has 5 heterocycles. The maximum absolute atomic E-state index is 14.1. The third-order valence-electron chi connectivity index (χ3n) is 9.62. The minimum Gasteiger partial charge on any atom is -0.382 e. The van der Waals surface area contributed by atoms with Crippen LogP contribution in [0.15, 0.2) is 77.9 Å². The number of anilines is 2. The van der Waals surface area contributed by atoms with E-state index in [0.29, 0.717) is 24.6 Å². The first-order valence-corrected chi connectivity index (χ1v) is 16.5. The van der Waals surface area contributed by atoms with E-state index < -0.39 is 0 Å². The van der Waals surface area contributed by atoms with Crippen molar-refractivity contribution in [2.24, 2.45) is 5.92 Å². The quantitative estimate of drug-likeness (QED) is 0.271. The van der Waals surface area contributed by atoms with E-state index in [1.165, 1.54) is 6.33 Å². The van der Waals surface area contributed by atoms with Crippen molar-refractivity contribution in [3.05, 3.63) is 94.8 Å². The first-order chi connectivity index (χ1) is 22.8. The highest BCUT2D eigenvalue weighted by Crippen LogP contribution is 2.37. The average Bonchev–Trinajstić information content (AvgIpc) is 3.50. The zero-order chi connectivity index (χ0) is 32.7. The van der Waals surface area contributed by atoms with Crippen LogP contribution < -0.4 is 16.2 Å². The first kappa shape index (κ1) is 30.7. The number of ether oxygens (including phenoxy) is 1. The van der Waals surface area contributed by atoms with Gasteiger partial charge in [0.15, 0.2) is 5.82 Å². The van der Waals surface area contributed by atoms with Gasteiger partial charge in [0.05, 0.1) is 18.9 Å². The number of carbonyl (C=O) groups excluding carboxylic acids is 1. The molecule has 10 nitrogen and oxygen atoms in total. The summed E-state index contributed by atoms with van der Waals surface area (Å²) in [4.78, 5) is 35.3. The number of benzene rings is 2. The Balaban J connectivity index is 1.27. The van der Waals surface area contributed by atoms with Gasteiger partial charge in [-0.25, -0.2) is 9.50 Å². The number of nitrogens with zero attached hydrogens (tertiary/aromatic N) is 6. The molecule has 0 aliphatic carbocycles. The predicted octanol–water partition coefficient (Wildman–Crippen LogP) is 5.30. The third kappa shape index (κ3) is 5.67. The molecule has 0 bridgehead atoms. The molecular weight excluding hydrogens is 590 g/mol. The normalized spacial score (nSPS) is 15.9. The van der Waals surface area contributed by atoms with E-state index in [-0.39, 0.29) is 23.3 Å². The Labute approximate surface area is 274 Å². The van der Waals surface area contributed by atoms with Crippen LogP contribution in [0.2, 0.25) is 0 Å². The SMILES string of the molecule is Cc1c(N2CCOCC2)cc(-c2ccc(-c3cc(C4CCN(C(=O)C(C)C)CC4)n4ncnc(N)c34)cc2)c(=O)n1-c1ccccc1. The van der Waals surface area contributed by atoms with Crippen LogP contribution in [0.3, 0.4) is 0 Å². The third-order valence-corrected chi connectivity index (χ3v) is 9.62. The molecule has 0 atom stereocenters. The van der Waals surface area contributed by atoms with Crippen LogP contribution in [0.5, 0.6) is 0 Å². The van der Waals surface area contributed by atoms with Crippen molar-refractivity contribution in [1.29, 1.82) is 0 Å². The molecule has 2 fully saturated rings. The number of fused-ring (bicyclic) bond motifs is 1. The number of rotatable bonds is 6. The molecular formula is C37H41N7O3. The lowest BCUT2D eigenvalue weighted by Crippen LogP contribution is -2.40. The summed E-state index contributed by atoms with van der Waals surface area (Å²) < 4.78 is 9.37. The maximum Gasteiger partial charge on any atom is 0.263 e. The molecule has 2 saturated heterocycles. The number of nitrogen functional groups attached to an aromatic ring is 1. The molecule has 2 aliphatic rings. The topological polar surface area (TPSA) is 111 Å². The Kier molecular flexibility index (Phi) is 8.28. The minimum absolute atomic E-state index is 0.00475. The minimum atomic E-state index is -0.0602. The van der Waals surface area contributed by atoms with Crippen molar-refractivity contribution < 1.29 is 9.53 Å². The second-order valence-corrected chi connectivity index (χ2v) is 12.8. The molecule has 3 aromatic heterocycles. The number of piperidine rings is 1. The van der Waals surface area contributed by atoms with Gasteiger partial charge >= 0.3 is 0 Å². The molecule has 2 aromatic carbocycles. The van der Waals surface area contributed by atoms with Crippen LogP contribution in [0.25, 0.3) is 33.5 Å². The molecule has 0 unspecified atom stereocenters. The van der Waals surface area contributed by atoms with Crippen molar-refractivity contribution in [3.63, 3.8) is 0 Å². The summed E-state index contributed by atoms with van der Waals surface area (Å²) in [7, 11) is 0. The van der Waals surface area contributed by atoms with Gasteiger partial charge < -0.3 is 20.3 Å². The summed E-state index contributed by atoms with van der Waals surface area (Å²) in [6, 6.07) is 22.1. The summed E-state index contributed by atoms with van der Waals surface area (Å²) >= 11 is 0. The lowest BCUT2D eigenvalue weighted by Gasteiger charge is -2.33. The van der Waals surface area contributed by atoms with E-state index in [1.54, 1.807) is 0 Å². The van der Waals surface area contributed by atoms with Gasteiger partial charge in [-0.15, -0.1) is 0 Å². The molecule has 2 aliphatic heterocycles. The van der Waals surface area contributed by atoms with Crippen LogP contribution >= 0.6 is 0 Å². The molecule has 7 rings (SSSR count). The van der Waals surface area contributed by atoms with Crippen molar-refractivity contribution in [1.82, 2.24) is 24.1 Å². The fraction of sp³-hybridized carbons (Fsp3) is 0.351. The maximum atomic E-state index is 14.1. The second-order valence-electron chi connectivity index (χ2n) is 12.8. The van der Waals surface area contributed by atoms with Crippen molar-refractivity contribution in [2.75, 3.05) is 50.0 Å². The standard InChI is InChI=1S/C37H41N7O3/c1-24(2)36(45)42-15-13-28(14-16-42)33-21-30(34-35(38)39-23-40-44(33)34)26-9-11-27(12-10-26)31-22-32(41-17-19-47-20-18-41)25(3)43(37(31)46)29-7-5-4-6-8-29/h4-12,21-24,28H,13-20H2,1-3H3,(H2,38,39,40). The van der Waals surface area contributed by atoms with E-state index in [9.17, 15) is 9.59 Å². The summed E-state index contributed by atoms with van der Waals surface area (Å²) in [6.45, 7) is 10.2. The molecule has 242 valence electrons. The van der Waals surface area contributed by atoms with Crippen LogP contribution in [0.1, 0.15) is 44.0 Å². The van der Waals surface area contributed by atoms with Gasteiger partial charge in [-0.1, -0.05) is 56.3 Å². The highest BCUT2D eigenvalue weighted by molar-refractivity contribution is 5.89. The van der Waals surface area contributed by atoms with Gasteiger partial charge in [0.1, 0.15) is 11.8 Å². The van der Waals surface area contributed by atoms with Gasteiger partial charge in [-0.05, 0) is 55.2 Å². The van der Waals surface area contributed by atoms with Gasteiger partial charge in [-0.2, -0.15) is 5.10 Å². The zero-order valence-electron chi connectivity index (χ0n) is 27.2. The summed E-state index contributed by atoms with van der Waals surface area (Å²) in [5, 5.41) is 4.61. The molecule has 0 saturated carbocycles. The van der Waals surface area contributed by atoms with Gasteiger partial charge in [0, 0.05) is 66.2 Å². The molecule has 1 amide bonds. The van der Waals surface area contributed by atoms with Crippen molar-refractivity contribution >= 4 is 22.9 Å². The number of pyridine rings is 1. The highest BCUT2D eigenvalue weighted by Gasteiger charge is 2.29. The van der Waals surface area contributed by atoms with Crippen LogP contribution in [0.4, 0.5) is 11.5 Å². The highest BCUT2D eigenvalue weighted by atomic mass is 16.5. The number of carbonyl (C=O) groups is 1. The monoisotopic (exact) mass is 631 g/mol. The van der Waals surface area contributed by atoms with E-state index in [0.717, 1.165) is 84.0 Å². The zero-order valence-corrected chi connectivity index (χ0v) is 27.2. The van der Waals surface area contributed by atoms with E-state index >= 15 is 0 Å². The smallest absolute Gasteiger partial charge is 0.263 e. The molecule has 47 heavy (non-hydrogen) atoms. The average molecular weight is 632 g/mol. The number of para-hydroxylation sites is 1. The first-order valence-electron chi connectivity index (χ1n) is 16.5. The molecule has 5 aromatic rings. The Bertz CT molecular complexity index is 1970. The number of likely N-dealkylation sites (tertiary alicyclic amines) is 1. The lowest BCUT2D eigenvalue weighted by molar-refractivity contribution is -0.135. The number of hydrogen-bond acceptors (Lipinski definition) is 7. The predicted molar refractivity (Wildman–Crippen MR) is 185 cm³/mol. The Morgan fingerprint density at radius 3 is 2.23 bits per heavy atom. The van der Waals surface area contributed by atoms with Gasteiger partial charge in [0.25, 0.3) is 5.56 Å².